The van der Waals surface area contributed by atoms with Crippen LogP contribution in [0.5, 0.6) is 0 Å². The van der Waals surface area contributed by atoms with Gasteiger partial charge in [0.25, 0.3) is 26.8 Å². The molecule has 24 nitrogen and oxygen atoms in total. The average Bonchev–Trinajstić information content (AvgIpc) is 3.77. The molecule has 6 unspecified atom stereocenters. The van der Waals surface area contributed by atoms with E-state index in [1.54, 1.807) is 0 Å². The van der Waals surface area contributed by atoms with Crippen LogP contribution in [0.1, 0.15) is 12.5 Å². The quantitative estimate of drug-likeness (QED) is 0.0721. The Labute approximate surface area is 310 Å². The molecule has 6 heterocycles. The second kappa shape index (κ2) is 16.4. The number of H-pyrrole nitrogens is 2. The van der Waals surface area contributed by atoms with Crippen LogP contribution in [0.2, 0.25) is 0 Å². The van der Waals surface area contributed by atoms with E-state index in [9.17, 15) is 48.9 Å². The van der Waals surface area contributed by atoms with Crippen molar-refractivity contribution in [2.24, 2.45) is 0 Å². The Bertz CT molecular complexity index is 1790. The Kier molecular flexibility index (Phi) is 14.0. The Hall–Kier alpha value is -1.32. The Morgan fingerprint density at radius 3 is 1.40 bits per heavy atom. The maximum absolute atomic E-state index is 11.6. The zero-order valence-electron chi connectivity index (χ0n) is 25.2. The van der Waals surface area contributed by atoms with Gasteiger partial charge in [0.1, 0.15) is 24.4 Å². The number of aliphatic hydroxyl groups excluding tert-OH is 4. The molecule has 6 N–H and O–H groups in total. The smallest absolute Gasteiger partial charge is 0.756 e. The van der Waals surface area contributed by atoms with E-state index in [0.29, 0.717) is 0 Å². The van der Waals surface area contributed by atoms with Crippen molar-refractivity contribution >= 4 is 38.0 Å². The normalized spacial score (nSPS) is 29.3. The molecular formula is C20H24N8Na2O16P2. The molecule has 2 saturated heterocycles. The van der Waals surface area contributed by atoms with Gasteiger partial charge in [-0.05, 0) is 0 Å². The maximum Gasteiger partial charge on any atom is 1.00 e. The first-order valence-corrected chi connectivity index (χ1v) is 15.5. The van der Waals surface area contributed by atoms with Crippen LogP contribution in [0.3, 0.4) is 0 Å². The van der Waals surface area contributed by atoms with Crippen molar-refractivity contribution in [1.29, 1.82) is 0 Å². The first-order chi connectivity index (χ1) is 21.7. The summed E-state index contributed by atoms with van der Waals surface area (Å²) in [6.45, 7) is 0. The van der Waals surface area contributed by atoms with E-state index in [4.69, 9.17) is 9.47 Å². The molecule has 10 atom stereocenters. The van der Waals surface area contributed by atoms with E-state index in [0.717, 1.165) is 26.9 Å². The molecule has 6 rings (SSSR count). The van der Waals surface area contributed by atoms with Gasteiger partial charge in [-0.25, -0.2) is 19.9 Å². The molecule has 252 valence electrons. The van der Waals surface area contributed by atoms with Crippen molar-refractivity contribution in [2.45, 2.75) is 49.5 Å². The first-order valence-electron chi connectivity index (χ1n) is 12.6. The van der Waals surface area contributed by atoms with Crippen molar-refractivity contribution in [2.75, 3.05) is 14.2 Å². The summed E-state index contributed by atoms with van der Waals surface area (Å²) < 4.78 is 52.7. The van der Waals surface area contributed by atoms with E-state index >= 15 is 0 Å². The van der Waals surface area contributed by atoms with Crippen molar-refractivity contribution in [1.82, 2.24) is 39.0 Å². The van der Waals surface area contributed by atoms with Gasteiger partial charge in [-0.1, -0.05) is 0 Å². The maximum atomic E-state index is 11.6. The number of phosphoric acid groups is 2. The summed E-state index contributed by atoms with van der Waals surface area (Å²) in [7, 11) is -7.62. The van der Waals surface area contributed by atoms with E-state index in [2.05, 4.69) is 48.0 Å². The zero-order valence-corrected chi connectivity index (χ0v) is 31.0. The molecule has 28 heteroatoms. The largest absolute Gasteiger partial charge is 1.00 e. The fourth-order valence-corrected chi connectivity index (χ4v) is 5.36. The van der Waals surface area contributed by atoms with Crippen LogP contribution in [-0.2, 0) is 36.7 Å². The zero-order chi connectivity index (χ0) is 33.6. The van der Waals surface area contributed by atoms with E-state index in [-0.39, 0.29) is 81.4 Å². The standard InChI is InChI=1S/2C10H13N4O8P.2Na/c2*1-20-23(18,19)22-10-6(16)5(15)9(21-10)14-3-13-4-7(14)11-2-12-8(4)17;;/h2*2-3,5-6,9-10,15-16H,1H3,(H,18,19)(H,11,12,17);;/q;;2*+1/p-2/t5-,6+,9-,10-;;;/m1.../s1. The van der Waals surface area contributed by atoms with Crippen LogP contribution in [0.25, 0.3) is 22.3 Å². The van der Waals surface area contributed by atoms with Gasteiger partial charge >= 0.3 is 59.1 Å². The number of imidazole rings is 2. The van der Waals surface area contributed by atoms with Crippen LogP contribution in [0.15, 0.2) is 34.9 Å². The third-order valence-corrected chi connectivity index (χ3v) is 8.41. The number of ether oxygens (including phenoxy) is 2. The van der Waals surface area contributed by atoms with Crippen molar-refractivity contribution in [3.63, 3.8) is 0 Å². The molecule has 48 heavy (non-hydrogen) atoms. The number of fused-ring (bicyclic) bond motifs is 2. The van der Waals surface area contributed by atoms with Gasteiger partial charge in [0.2, 0.25) is 0 Å². The minimum atomic E-state index is -4.69. The van der Waals surface area contributed by atoms with Gasteiger partial charge < -0.3 is 58.7 Å². The van der Waals surface area contributed by atoms with Gasteiger partial charge in [0.05, 0.1) is 25.3 Å². The topological polar surface area (TPSA) is 344 Å². The summed E-state index contributed by atoms with van der Waals surface area (Å²) >= 11 is 0. The molecule has 2 fully saturated rings. The average molecular weight is 740 g/mol. The number of rotatable bonds is 8. The van der Waals surface area contributed by atoms with Crippen LogP contribution >= 0.6 is 15.6 Å². The summed E-state index contributed by atoms with van der Waals surface area (Å²) in [5.74, 6) is 0. The predicted octanol–water partition coefficient (Wildman–Crippen LogP) is -10.3. The Morgan fingerprint density at radius 1 is 0.708 bits per heavy atom. The SMILES string of the molecule is COP(=O)([O-])OC1OC(n2cnc3c(=O)[nH]cnc32)C(O)C1O.COP(=O)([O-])O[C@H]1O[C@@H](n2cnc3c(=O)[nH]cnc32)[C@H](O)[C@@H]1O.[Na+].[Na+]. The van der Waals surface area contributed by atoms with E-state index in [1.165, 1.54) is 21.8 Å². The molecule has 0 aromatic carbocycles. The molecule has 0 spiro atoms. The fraction of sp³-hybridized carbons (Fsp3) is 0.500. The summed E-state index contributed by atoms with van der Waals surface area (Å²) in [4.78, 5) is 65.9. The number of hydrogen-bond acceptors (Lipinski definition) is 20. The molecule has 0 radical (unpaired) electrons. The second-order valence-corrected chi connectivity index (χ2v) is 12.3. The second-order valence-electron chi connectivity index (χ2n) is 9.33. The molecule has 2 aliphatic rings. The molecular weight excluding hydrogens is 716 g/mol. The number of aliphatic hydroxyl groups is 4. The summed E-state index contributed by atoms with van der Waals surface area (Å²) in [6, 6.07) is 0. The summed E-state index contributed by atoms with van der Waals surface area (Å²) in [5.41, 5.74) is -0.844. The summed E-state index contributed by atoms with van der Waals surface area (Å²) in [5, 5.41) is 39.8. The van der Waals surface area contributed by atoms with Crippen molar-refractivity contribution in [3.8, 4) is 0 Å². The van der Waals surface area contributed by atoms with Gasteiger partial charge in [-0.2, -0.15) is 0 Å². The fourth-order valence-electron chi connectivity index (χ4n) is 4.33. The van der Waals surface area contributed by atoms with E-state index in [1.807, 2.05) is 0 Å². The number of nitrogens with zero attached hydrogens (tertiary/aromatic N) is 6. The van der Waals surface area contributed by atoms with Crippen molar-refractivity contribution < 1.29 is 126 Å². The van der Waals surface area contributed by atoms with Crippen LogP contribution < -0.4 is 80.0 Å². The molecule has 4 aromatic heterocycles. The Balaban J connectivity index is 0.000000250. The van der Waals surface area contributed by atoms with Crippen LogP contribution in [-0.4, -0.2) is 111 Å². The third kappa shape index (κ3) is 8.41. The molecule has 0 aliphatic carbocycles. The molecule has 2 aliphatic heterocycles. The first kappa shape index (κ1) is 41.1. The number of hydrogen-bond donors (Lipinski definition) is 6. The van der Waals surface area contributed by atoms with Gasteiger partial charge in [0, 0.05) is 14.2 Å². The minimum absolute atomic E-state index is 0. The Morgan fingerprint density at radius 2 is 1.06 bits per heavy atom. The number of aromatic amines is 2. The number of aromatic nitrogens is 8. The van der Waals surface area contributed by atoms with Crippen LogP contribution in [0, 0.1) is 0 Å². The van der Waals surface area contributed by atoms with Gasteiger partial charge in [-0.15, -0.1) is 0 Å². The minimum Gasteiger partial charge on any atom is -0.756 e. The van der Waals surface area contributed by atoms with Crippen molar-refractivity contribution in [3.05, 3.63) is 46.0 Å². The number of nitrogens with one attached hydrogen (secondary N) is 2. The van der Waals surface area contributed by atoms with E-state index < -0.39 is 76.2 Å². The predicted molar refractivity (Wildman–Crippen MR) is 140 cm³/mol. The van der Waals surface area contributed by atoms with Gasteiger partial charge in [-0.3, -0.25) is 36.9 Å². The summed E-state index contributed by atoms with van der Waals surface area (Å²) in [6.07, 6.45) is -7.71. The number of phosphoric ester groups is 2. The monoisotopic (exact) mass is 740 g/mol. The molecule has 0 bridgehead atoms. The molecule has 0 saturated carbocycles. The third-order valence-electron chi connectivity index (χ3n) is 6.58. The molecule has 0 amide bonds. The molecule has 4 aromatic rings. The van der Waals surface area contributed by atoms with Gasteiger partial charge in [0.15, 0.2) is 47.4 Å². The van der Waals surface area contributed by atoms with Crippen LogP contribution in [0.4, 0.5) is 0 Å².